The summed E-state index contributed by atoms with van der Waals surface area (Å²) in [5.74, 6) is -0.509. The number of para-hydroxylation sites is 1. The number of fused-ring (bicyclic) bond motifs is 2. The maximum atomic E-state index is 12.5. The van der Waals surface area contributed by atoms with Crippen molar-refractivity contribution in [1.82, 2.24) is 4.98 Å². The lowest BCUT2D eigenvalue weighted by molar-refractivity contribution is -0.119. The van der Waals surface area contributed by atoms with Crippen molar-refractivity contribution in [1.29, 1.82) is 0 Å². The van der Waals surface area contributed by atoms with Gasteiger partial charge in [0.25, 0.3) is 0 Å². The highest BCUT2D eigenvalue weighted by Gasteiger charge is 2.22. The third kappa shape index (κ3) is 3.18. The Labute approximate surface area is 150 Å². The summed E-state index contributed by atoms with van der Waals surface area (Å²) in [7, 11) is 0. The summed E-state index contributed by atoms with van der Waals surface area (Å²) in [5, 5.41) is 0. The molecule has 0 N–H and O–H groups in total. The van der Waals surface area contributed by atoms with Crippen LogP contribution in [-0.2, 0) is 16.0 Å². The molecule has 0 radical (unpaired) electrons. The summed E-state index contributed by atoms with van der Waals surface area (Å²) in [4.78, 5) is 30.5. The maximum Gasteiger partial charge on any atom is 0.338 e. The number of esters is 1. The molecule has 1 aliphatic rings. The quantitative estimate of drug-likeness (QED) is 0.675. The van der Waals surface area contributed by atoms with Crippen molar-refractivity contribution in [2.45, 2.75) is 19.3 Å². The van der Waals surface area contributed by atoms with Crippen molar-refractivity contribution in [3.63, 3.8) is 0 Å². The molecule has 132 valence electrons. The molecule has 0 saturated carbocycles. The predicted molar refractivity (Wildman–Crippen MR) is 96.0 cm³/mol. The molecule has 0 fully saturated rings. The number of aryl methyl sites for hydroxylation is 1. The van der Waals surface area contributed by atoms with E-state index in [1.54, 1.807) is 23.1 Å². The van der Waals surface area contributed by atoms with Crippen LogP contribution in [-0.4, -0.2) is 30.0 Å². The first kappa shape index (κ1) is 16.3. The van der Waals surface area contributed by atoms with Gasteiger partial charge in [0.15, 0.2) is 12.0 Å². The summed E-state index contributed by atoms with van der Waals surface area (Å²) in [5.41, 5.74) is 3.74. The topological polar surface area (TPSA) is 72.6 Å². The van der Waals surface area contributed by atoms with Crippen LogP contribution >= 0.6 is 0 Å². The number of carbonyl (C=O) groups is 2. The largest absolute Gasteiger partial charge is 0.462 e. The smallest absolute Gasteiger partial charge is 0.338 e. The molecule has 3 aromatic rings. The van der Waals surface area contributed by atoms with Crippen molar-refractivity contribution in [3.8, 4) is 0 Å². The standard InChI is InChI=1S/C20H18N2O4/c23-19(22-10-3-5-14-4-1-2-6-17(14)22)9-11-25-20(24)15-7-8-16-18(12-15)26-13-21-16/h1-2,4,6-8,12-13H,3,5,9-11H2. The number of hydrogen-bond donors (Lipinski definition) is 0. The molecule has 6 heteroatoms. The van der Waals surface area contributed by atoms with Gasteiger partial charge in [-0.25, -0.2) is 9.78 Å². The summed E-state index contributed by atoms with van der Waals surface area (Å²) >= 11 is 0. The summed E-state index contributed by atoms with van der Waals surface area (Å²) in [6, 6.07) is 12.9. The second-order valence-electron chi connectivity index (χ2n) is 6.20. The predicted octanol–water partition coefficient (Wildman–Crippen LogP) is 3.35. The highest BCUT2D eigenvalue weighted by atomic mass is 16.5. The van der Waals surface area contributed by atoms with Crippen LogP contribution in [0.1, 0.15) is 28.8 Å². The van der Waals surface area contributed by atoms with Crippen molar-refractivity contribution < 1.29 is 18.7 Å². The molecule has 0 spiro atoms. The zero-order chi connectivity index (χ0) is 17.9. The van der Waals surface area contributed by atoms with E-state index < -0.39 is 5.97 Å². The van der Waals surface area contributed by atoms with Gasteiger partial charge in [0.05, 0.1) is 12.0 Å². The molecular formula is C20H18N2O4. The molecule has 4 rings (SSSR count). The van der Waals surface area contributed by atoms with E-state index in [-0.39, 0.29) is 18.9 Å². The molecule has 1 aliphatic heterocycles. The first-order valence-electron chi connectivity index (χ1n) is 8.61. The van der Waals surface area contributed by atoms with E-state index >= 15 is 0 Å². The number of anilines is 1. The third-order valence-electron chi connectivity index (χ3n) is 4.53. The number of hydrogen-bond acceptors (Lipinski definition) is 5. The lowest BCUT2D eigenvalue weighted by atomic mass is 10.0. The SMILES string of the molecule is O=C(OCCC(=O)N1CCCc2ccccc21)c1ccc2ncoc2c1. The van der Waals surface area contributed by atoms with Gasteiger partial charge in [0, 0.05) is 12.2 Å². The average molecular weight is 350 g/mol. The number of oxazole rings is 1. The zero-order valence-corrected chi connectivity index (χ0v) is 14.2. The highest BCUT2D eigenvalue weighted by molar-refractivity contribution is 5.95. The van der Waals surface area contributed by atoms with Gasteiger partial charge in [0.2, 0.25) is 5.91 Å². The van der Waals surface area contributed by atoms with Gasteiger partial charge in [-0.05, 0) is 42.7 Å². The Morgan fingerprint density at radius 2 is 2.08 bits per heavy atom. The normalized spacial score (nSPS) is 13.5. The highest BCUT2D eigenvalue weighted by Crippen LogP contribution is 2.27. The fourth-order valence-electron chi connectivity index (χ4n) is 3.22. The van der Waals surface area contributed by atoms with E-state index in [0.717, 1.165) is 18.5 Å². The van der Waals surface area contributed by atoms with Crippen LogP contribution in [0.3, 0.4) is 0 Å². The fourth-order valence-corrected chi connectivity index (χ4v) is 3.22. The van der Waals surface area contributed by atoms with Crippen LogP contribution in [0, 0.1) is 0 Å². The molecule has 1 aromatic heterocycles. The number of nitrogens with zero attached hydrogens (tertiary/aromatic N) is 2. The molecule has 1 amide bonds. The van der Waals surface area contributed by atoms with Crippen LogP contribution < -0.4 is 4.90 Å². The second kappa shape index (κ2) is 7.00. The maximum absolute atomic E-state index is 12.5. The lowest BCUT2D eigenvalue weighted by Gasteiger charge is -2.29. The van der Waals surface area contributed by atoms with E-state index in [9.17, 15) is 9.59 Å². The molecule has 6 nitrogen and oxygen atoms in total. The van der Waals surface area contributed by atoms with E-state index in [1.807, 2.05) is 18.2 Å². The summed E-state index contributed by atoms with van der Waals surface area (Å²) < 4.78 is 10.4. The first-order chi connectivity index (χ1) is 12.7. The van der Waals surface area contributed by atoms with Crippen LogP contribution in [0.4, 0.5) is 5.69 Å². The van der Waals surface area contributed by atoms with E-state index in [1.165, 1.54) is 12.0 Å². The molecule has 0 atom stereocenters. The number of rotatable bonds is 4. The third-order valence-corrected chi connectivity index (χ3v) is 4.53. The van der Waals surface area contributed by atoms with Crippen molar-refractivity contribution >= 4 is 28.7 Å². The minimum atomic E-state index is -0.477. The fraction of sp³-hybridized carbons (Fsp3) is 0.250. The minimum Gasteiger partial charge on any atom is -0.462 e. The lowest BCUT2D eigenvalue weighted by Crippen LogP contribution is -2.36. The molecule has 26 heavy (non-hydrogen) atoms. The average Bonchev–Trinajstić information content (AvgIpc) is 3.15. The molecule has 0 aliphatic carbocycles. The summed E-state index contributed by atoms with van der Waals surface area (Å²) in [6.07, 6.45) is 3.42. The second-order valence-corrected chi connectivity index (χ2v) is 6.20. The van der Waals surface area contributed by atoms with Crippen molar-refractivity contribution in [3.05, 3.63) is 60.0 Å². The monoisotopic (exact) mass is 350 g/mol. The molecule has 0 unspecified atom stereocenters. The molecule has 2 aromatic carbocycles. The molecule has 0 bridgehead atoms. The Morgan fingerprint density at radius 1 is 1.19 bits per heavy atom. The zero-order valence-electron chi connectivity index (χ0n) is 14.2. The van der Waals surface area contributed by atoms with Crippen molar-refractivity contribution in [2.24, 2.45) is 0 Å². The molecular weight excluding hydrogens is 332 g/mol. The van der Waals surface area contributed by atoms with Gasteiger partial charge in [-0.15, -0.1) is 0 Å². The number of aromatic nitrogens is 1. The first-order valence-corrected chi connectivity index (χ1v) is 8.61. The van der Waals surface area contributed by atoms with Crippen molar-refractivity contribution in [2.75, 3.05) is 18.1 Å². The van der Waals surface area contributed by atoms with Crippen LogP contribution in [0.15, 0.2) is 53.3 Å². The Morgan fingerprint density at radius 3 is 3.00 bits per heavy atom. The van der Waals surface area contributed by atoms with Gasteiger partial charge in [-0.3, -0.25) is 4.79 Å². The van der Waals surface area contributed by atoms with Gasteiger partial charge < -0.3 is 14.1 Å². The van der Waals surface area contributed by atoms with Crippen LogP contribution in [0.2, 0.25) is 0 Å². The number of ether oxygens (including phenoxy) is 1. The van der Waals surface area contributed by atoms with Crippen LogP contribution in [0.5, 0.6) is 0 Å². The van der Waals surface area contributed by atoms with Gasteiger partial charge >= 0.3 is 5.97 Å². The van der Waals surface area contributed by atoms with Gasteiger partial charge in [-0.2, -0.15) is 0 Å². The van der Waals surface area contributed by atoms with E-state index in [2.05, 4.69) is 11.1 Å². The molecule has 0 saturated heterocycles. The Hall–Kier alpha value is -3.15. The Kier molecular flexibility index (Phi) is 4.39. The van der Waals surface area contributed by atoms with E-state index in [4.69, 9.17) is 9.15 Å². The Balaban J connectivity index is 1.36. The number of carbonyl (C=O) groups excluding carboxylic acids is 2. The van der Waals surface area contributed by atoms with Gasteiger partial charge in [0.1, 0.15) is 12.1 Å². The number of amides is 1. The van der Waals surface area contributed by atoms with E-state index in [0.29, 0.717) is 23.2 Å². The molecule has 2 heterocycles. The van der Waals surface area contributed by atoms with Crippen LogP contribution in [0.25, 0.3) is 11.1 Å². The summed E-state index contributed by atoms with van der Waals surface area (Å²) in [6.45, 7) is 0.747. The number of benzene rings is 2. The Bertz CT molecular complexity index is 963. The minimum absolute atomic E-state index is 0.0318. The van der Waals surface area contributed by atoms with Gasteiger partial charge in [-0.1, -0.05) is 18.2 Å².